The minimum absolute atomic E-state index is 0.0534. The van der Waals surface area contributed by atoms with E-state index in [1.165, 1.54) is 11.3 Å². The molecule has 1 atom stereocenters. The van der Waals surface area contributed by atoms with E-state index in [0.29, 0.717) is 23.7 Å². The molecule has 3 N–H and O–H groups in total. The van der Waals surface area contributed by atoms with Crippen LogP contribution >= 0.6 is 11.3 Å². The minimum Gasteiger partial charge on any atom is -0.495 e. The lowest BCUT2D eigenvalue weighted by molar-refractivity contribution is 0.0703. The fourth-order valence-corrected chi connectivity index (χ4v) is 3.07. The van der Waals surface area contributed by atoms with E-state index in [9.17, 15) is 4.79 Å². The molecule has 1 aliphatic rings. The molecule has 0 saturated carbocycles. The zero-order chi connectivity index (χ0) is 13.8. The van der Waals surface area contributed by atoms with Crippen LogP contribution in [0.2, 0.25) is 0 Å². The molecular weight excluding hydrogens is 266 g/mol. The number of likely N-dealkylation sites (tertiary alicyclic amines) is 1. The van der Waals surface area contributed by atoms with Gasteiger partial charge in [-0.25, -0.2) is 0 Å². The molecule has 19 heavy (non-hydrogen) atoms. The minimum atomic E-state index is -0.0753. The second-order valence-corrected chi connectivity index (χ2v) is 5.35. The molecule has 0 aliphatic carbocycles. The molecule has 0 aromatic carbocycles. The van der Waals surface area contributed by atoms with Crippen LogP contribution in [0.5, 0.6) is 5.75 Å². The molecule has 1 fully saturated rings. The van der Waals surface area contributed by atoms with Gasteiger partial charge in [0.25, 0.3) is 5.91 Å². The van der Waals surface area contributed by atoms with Crippen LogP contribution in [0, 0.1) is 5.92 Å². The van der Waals surface area contributed by atoms with Crippen molar-refractivity contribution >= 4 is 23.1 Å². The fraction of sp³-hybridized carbons (Fsp3) is 0.500. The summed E-state index contributed by atoms with van der Waals surface area (Å²) in [7, 11) is 1.55. The number of nitrogens with zero attached hydrogens (tertiary/aromatic N) is 2. The van der Waals surface area contributed by atoms with E-state index in [1.54, 1.807) is 18.1 Å². The van der Waals surface area contributed by atoms with Gasteiger partial charge in [0.15, 0.2) is 0 Å². The van der Waals surface area contributed by atoms with Crippen molar-refractivity contribution in [3.63, 3.8) is 0 Å². The number of nitrogens with two attached hydrogens (primary N) is 1. The summed E-state index contributed by atoms with van der Waals surface area (Å²) < 4.78 is 5.17. The second-order valence-electron chi connectivity index (χ2n) is 4.43. The number of ether oxygens (including phenoxy) is 1. The number of hydrogen-bond donors (Lipinski definition) is 2. The summed E-state index contributed by atoms with van der Waals surface area (Å²) in [6.07, 6.45) is 1.68. The molecule has 1 aromatic rings. The molecule has 1 aromatic heterocycles. The molecule has 1 aliphatic heterocycles. The van der Waals surface area contributed by atoms with Crippen LogP contribution in [0.25, 0.3) is 0 Å². The Morgan fingerprint density at radius 3 is 3.16 bits per heavy atom. The quantitative estimate of drug-likeness (QED) is 0.379. The van der Waals surface area contributed by atoms with Gasteiger partial charge in [-0.2, -0.15) is 0 Å². The van der Waals surface area contributed by atoms with Crippen LogP contribution in [-0.2, 0) is 0 Å². The van der Waals surface area contributed by atoms with Crippen molar-refractivity contribution in [2.75, 3.05) is 20.2 Å². The topological polar surface area (TPSA) is 88.2 Å². The molecule has 0 radical (unpaired) electrons. The van der Waals surface area contributed by atoms with Crippen LogP contribution in [-0.4, -0.2) is 42.0 Å². The summed E-state index contributed by atoms with van der Waals surface area (Å²) in [6.45, 7) is 1.17. The van der Waals surface area contributed by atoms with Gasteiger partial charge in [-0.15, -0.1) is 11.3 Å². The summed E-state index contributed by atoms with van der Waals surface area (Å²) in [5.74, 6) is 0.660. The Morgan fingerprint density at radius 2 is 2.47 bits per heavy atom. The molecule has 2 rings (SSSR count). The third-order valence-electron chi connectivity index (χ3n) is 3.29. The van der Waals surface area contributed by atoms with Crippen molar-refractivity contribution in [1.82, 2.24) is 4.90 Å². The van der Waals surface area contributed by atoms with Gasteiger partial charge in [0.2, 0.25) is 0 Å². The van der Waals surface area contributed by atoms with Gasteiger partial charge in [-0.3, -0.25) is 4.79 Å². The highest BCUT2D eigenvalue weighted by Gasteiger charge is 2.28. The van der Waals surface area contributed by atoms with Gasteiger partial charge >= 0.3 is 0 Å². The first kappa shape index (κ1) is 13.7. The van der Waals surface area contributed by atoms with Gasteiger partial charge in [-0.1, -0.05) is 5.16 Å². The maximum absolute atomic E-state index is 12.4. The molecule has 1 amide bonds. The van der Waals surface area contributed by atoms with E-state index in [0.717, 1.165) is 12.8 Å². The average Bonchev–Trinajstić information content (AvgIpc) is 2.94. The van der Waals surface area contributed by atoms with Crippen molar-refractivity contribution in [2.24, 2.45) is 16.8 Å². The number of methoxy groups -OCH3 is 1. The predicted octanol–water partition coefficient (Wildman–Crippen LogP) is 1.36. The van der Waals surface area contributed by atoms with E-state index in [4.69, 9.17) is 15.7 Å². The Morgan fingerprint density at radius 1 is 1.68 bits per heavy atom. The fourth-order valence-electron chi connectivity index (χ4n) is 2.24. The van der Waals surface area contributed by atoms with Gasteiger partial charge < -0.3 is 20.6 Å². The molecule has 0 bridgehead atoms. The van der Waals surface area contributed by atoms with Gasteiger partial charge in [0, 0.05) is 19.0 Å². The molecule has 104 valence electrons. The smallest absolute Gasteiger partial charge is 0.267 e. The van der Waals surface area contributed by atoms with E-state index >= 15 is 0 Å². The number of carbonyl (C=O) groups is 1. The summed E-state index contributed by atoms with van der Waals surface area (Å²) in [5.41, 5.74) is 5.62. The lowest BCUT2D eigenvalue weighted by Crippen LogP contribution is -2.44. The van der Waals surface area contributed by atoms with E-state index < -0.39 is 0 Å². The Kier molecular flexibility index (Phi) is 4.26. The average molecular weight is 283 g/mol. The summed E-state index contributed by atoms with van der Waals surface area (Å²) in [5, 5.41) is 13.6. The number of thiophene rings is 1. The van der Waals surface area contributed by atoms with E-state index in [-0.39, 0.29) is 17.7 Å². The second kappa shape index (κ2) is 5.92. The Balaban J connectivity index is 2.11. The van der Waals surface area contributed by atoms with Crippen LogP contribution in [0.4, 0.5) is 0 Å². The number of carbonyl (C=O) groups excluding carboxylic acids is 1. The number of hydrogen-bond acceptors (Lipinski definition) is 5. The first-order valence-corrected chi connectivity index (χ1v) is 6.93. The highest BCUT2D eigenvalue weighted by Crippen LogP contribution is 2.28. The van der Waals surface area contributed by atoms with Crippen molar-refractivity contribution < 1.29 is 14.7 Å². The van der Waals surface area contributed by atoms with Crippen LogP contribution < -0.4 is 10.5 Å². The highest BCUT2D eigenvalue weighted by molar-refractivity contribution is 7.12. The normalized spacial score (nSPS) is 20.4. The lowest BCUT2D eigenvalue weighted by Gasteiger charge is -2.31. The zero-order valence-electron chi connectivity index (χ0n) is 10.7. The first-order valence-electron chi connectivity index (χ1n) is 6.05. The monoisotopic (exact) mass is 283 g/mol. The van der Waals surface area contributed by atoms with E-state index in [1.807, 2.05) is 5.38 Å². The van der Waals surface area contributed by atoms with Gasteiger partial charge in [0.05, 0.1) is 7.11 Å². The molecule has 1 unspecified atom stereocenters. The molecule has 1 saturated heterocycles. The standard InChI is InChI=1S/C12H17N3O3S/c1-18-9-4-6-19-10(9)12(16)15-5-2-3-8(7-15)11(13)14-17/h4,6,8,17H,2-3,5,7H2,1H3,(H2,13,14). The number of oxime groups is 1. The third kappa shape index (κ3) is 2.81. The van der Waals surface area contributed by atoms with Crippen molar-refractivity contribution in [3.05, 3.63) is 16.3 Å². The summed E-state index contributed by atoms with van der Waals surface area (Å²) >= 11 is 1.36. The SMILES string of the molecule is COc1ccsc1C(=O)N1CCCC(/C(N)=N/O)C1. The molecule has 6 nitrogen and oxygen atoms in total. The zero-order valence-corrected chi connectivity index (χ0v) is 11.5. The Labute approximate surface area is 115 Å². The number of rotatable bonds is 3. The van der Waals surface area contributed by atoms with E-state index in [2.05, 4.69) is 5.16 Å². The first-order chi connectivity index (χ1) is 9.17. The lowest BCUT2D eigenvalue weighted by atomic mass is 9.97. The molecular formula is C12H17N3O3S. The summed E-state index contributed by atoms with van der Waals surface area (Å²) in [4.78, 5) is 14.7. The molecule has 0 spiro atoms. The predicted molar refractivity (Wildman–Crippen MR) is 72.9 cm³/mol. The number of piperidine rings is 1. The maximum atomic E-state index is 12.4. The number of amides is 1. The van der Waals surface area contributed by atoms with Crippen LogP contribution in [0.15, 0.2) is 16.6 Å². The van der Waals surface area contributed by atoms with Crippen molar-refractivity contribution in [2.45, 2.75) is 12.8 Å². The highest BCUT2D eigenvalue weighted by atomic mass is 32.1. The van der Waals surface area contributed by atoms with Gasteiger partial charge in [-0.05, 0) is 24.3 Å². The van der Waals surface area contributed by atoms with Gasteiger partial charge in [0.1, 0.15) is 16.5 Å². The van der Waals surface area contributed by atoms with Crippen LogP contribution in [0.3, 0.4) is 0 Å². The maximum Gasteiger partial charge on any atom is 0.267 e. The summed E-state index contributed by atoms with van der Waals surface area (Å²) in [6, 6.07) is 1.78. The number of amidine groups is 1. The largest absolute Gasteiger partial charge is 0.495 e. The Bertz CT molecular complexity index is 486. The Hall–Kier alpha value is -1.76. The third-order valence-corrected chi connectivity index (χ3v) is 4.17. The van der Waals surface area contributed by atoms with Crippen molar-refractivity contribution in [1.29, 1.82) is 0 Å². The van der Waals surface area contributed by atoms with Crippen LogP contribution in [0.1, 0.15) is 22.5 Å². The molecule has 7 heteroatoms. The molecule has 2 heterocycles. The van der Waals surface area contributed by atoms with Crippen molar-refractivity contribution in [3.8, 4) is 5.75 Å².